The van der Waals surface area contributed by atoms with Gasteiger partial charge in [-0.1, -0.05) is 6.08 Å². The number of hydrogen-bond donors (Lipinski definition) is 2. The van der Waals surface area contributed by atoms with E-state index >= 15 is 0 Å². The van der Waals surface area contributed by atoms with Crippen LogP contribution in [0.5, 0.6) is 0 Å². The van der Waals surface area contributed by atoms with Gasteiger partial charge in [0.25, 0.3) is 0 Å². The van der Waals surface area contributed by atoms with E-state index in [0.717, 1.165) is 38.8 Å². The highest BCUT2D eigenvalue weighted by Crippen LogP contribution is 2.52. The van der Waals surface area contributed by atoms with E-state index in [1.165, 1.54) is 18.4 Å². The van der Waals surface area contributed by atoms with Crippen LogP contribution in [0.2, 0.25) is 0 Å². The second kappa shape index (κ2) is 6.24. The Morgan fingerprint density at radius 1 is 1.50 bits per heavy atom. The summed E-state index contributed by atoms with van der Waals surface area (Å²) in [5.41, 5.74) is 1.63. The maximum Gasteiger partial charge on any atom is 0.306 e. The molecule has 0 saturated heterocycles. The Balaban J connectivity index is 1.40. The lowest BCUT2D eigenvalue weighted by atomic mass is 9.57. The van der Waals surface area contributed by atoms with Crippen molar-refractivity contribution in [3.05, 3.63) is 30.6 Å². The van der Waals surface area contributed by atoms with E-state index in [-0.39, 0.29) is 5.92 Å². The van der Waals surface area contributed by atoms with E-state index in [0.29, 0.717) is 11.5 Å². The van der Waals surface area contributed by atoms with Crippen LogP contribution >= 0.6 is 0 Å². The zero-order valence-electron chi connectivity index (χ0n) is 13.0. The molecule has 5 heteroatoms. The molecular weight excluding hydrogens is 278 g/mol. The van der Waals surface area contributed by atoms with Crippen molar-refractivity contribution in [3.8, 4) is 0 Å². The highest BCUT2D eigenvalue weighted by molar-refractivity contribution is 5.70. The van der Waals surface area contributed by atoms with Crippen molar-refractivity contribution >= 4 is 5.97 Å². The first kappa shape index (κ1) is 15.3. The fraction of sp³-hybridized carbons (Fsp3) is 0.647. The molecule has 1 aromatic rings. The lowest BCUT2D eigenvalue weighted by molar-refractivity contribution is -0.144. The van der Waals surface area contributed by atoms with Crippen molar-refractivity contribution in [2.45, 2.75) is 57.7 Å². The molecule has 2 aliphatic rings. The van der Waals surface area contributed by atoms with Gasteiger partial charge in [0.15, 0.2) is 0 Å². The molecule has 0 amide bonds. The van der Waals surface area contributed by atoms with Crippen LogP contribution in [-0.4, -0.2) is 26.9 Å². The van der Waals surface area contributed by atoms with Crippen LogP contribution in [0.4, 0.5) is 0 Å². The number of aliphatic carboxylic acids is 1. The molecule has 2 N–H and O–H groups in total. The fourth-order valence-corrected chi connectivity index (χ4v) is 4.01. The van der Waals surface area contributed by atoms with Crippen LogP contribution in [0.15, 0.2) is 25.0 Å². The molecular formula is C17H25N3O2. The molecule has 1 aromatic heterocycles. The van der Waals surface area contributed by atoms with E-state index in [2.05, 4.69) is 23.2 Å². The standard InChI is InChI=1S/C17H25N3O2/c1-2-7-20-12-13(11-19-20)10-18-15-8-17(9-15)5-3-14(4-6-17)16(21)22/h2,11-12,14-15,18H,1,3-10H2,(H,21,22). The van der Waals surface area contributed by atoms with Gasteiger partial charge in [0.1, 0.15) is 0 Å². The lowest BCUT2D eigenvalue weighted by Crippen LogP contribution is -2.50. The van der Waals surface area contributed by atoms with E-state index in [1.54, 1.807) is 0 Å². The summed E-state index contributed by atoms with van der Waals surface area (Å²) < 4.78 is 1.89. The molecule has 22 heavy (non-hydrogen) atoms. The van der Waals surface area contributed by atoms with Gasteiger partial charge in [0.2, 0.25) is 0 Å². The lowest BCUT2D eigenvalue weighted by Gasteiger charge is -2.51. The number of carboxylic acid groups (broad SMARTS) is 1. The van der Waals surface area contributed by atoms with Crippen LogP contribution in [0.25, 0.3) is 0 Å². The fourth-order valence-electron chi connectivity index (χ4n) is 4.01. The molecule has 0 bridgehead atoms. The maximum absolute atomic E-state index is 11.0. The van der Waals surface area contributed by atoms with Gasteiger partial charge in [-0.2, -0.15) is 5.10 Å². The second-order valence-electron chi connectivity index (χ2n) is 6.96. The Kier molecular flexibility index (Phi) is 4.34. The molecule has 0 atom stereocenters. The van der Waals surface area contributed by atoms with Gasteiger partial charge >= 0.3 is 5.97 Å². The number of carboxylic acids is 1. The minimum Gasteiger partial charge on any atom is -0.481 e. The number of hydrogen-bond acceptors (Lipinski definition) is 3. The first-order chi connectivity index (χ1) is 10.6. The predicted octanol–water partition coefficient (Wildman–Crippen LogP) is 2.58. The Morgan fingerprint density at radius 3 is 2.86 bits per heavy atom. The second-order valence-corrected chi connectivity index (χ2v) is 6.96. The Labute approximate surface area is 131 Å². The zero-order chi connectivity index (χ0) is 15.6. The largest absolute Gasteiger partial charge is 0.481 e. The topological polar surface area (TPSA) is 67.2 Å². The van der Waals surface area contributed by atoms with Crippen LogP contribution in [0, 0.1) is 11.3 Å². The van der Waals surface area contributed by atoms with Gasteiger partial charge in [-0.05, 0) is 43.9 Å². The summed E-state index contributed by atoms with van der Waals surface area (Å²) in [7, 11) is 0. The number of rotatable bonds is 6. The maximum atomic E-state index is 11.0. The summed E-state index contributed by atoms with van der Waals surface area (Å²) in [5.74, 6) is -0.714. The van der Waals surface area contributed by atoms with Gasteiger partial charge in [0.05, 0.1) is 18.7 Å². The molecule has 0 aliphatic heterocycles. The Hall–Kier alpha value is -1.62. The van der Waals surface area contributed by atoms with Crippen molar-refractivity contribution in [2.75, 3.05) is 0 Å². The average Bonchev–Trinajstić information content (AvgIpc) is 2.91. The molecule has 5 nitrogen and oxygen atoms in total. The number of nitrogens with one attached hydrogen (secondary N) is 1. The first-order valence-electron chi connectivity index (χ1n) is 8.19. The normalized spacial score (nSPS) is 30.9. The average molecular weight is 303 g/mol. The molecule has 0 radical (unpaired) electrons. The molecule has 1 spiro atoms. The number of aromatic nitrogens is 2. The third kappa shape index (κ3) is 3.24. The Bertz CT molecular complexity index is 536. The highest BCUT2D eigenvalue weighted by Gasteiger charge is 2.46. The molecule has 2 aliphatic carbocycles. The number of allylic oxidation sites excluding steroid dienone is 1. The number of carbonyl (C=O) groups is 1. The summed E-state index contributed by atoms with van der Waals surface area (Å²) in [6.45, 7) is 5.32. The van der Waals surface area contributed by atoms with Crippen LogP contribution in [0.3, 0.4) is 0 Å². The molecule has 2 fully saturated rings. The van der Waals surface area contributed by atoms with Crippen molar-refractivity contribution < 1.29 is 9.90 Å². The van der Waals surface area contributed by atoms with Gasteiger partial charge in [-0.3, -0.25) is 9.48 Å². The molecule has 0 unspecified atom stereocenters. The van der Waals surface area contributed by atoms with Gasteiger partial charge in [-0.25, -0.2) is 0 Å². The highest BCUT2D eigenvalue weighted by atomic mass is 16.4. The number of nitrogens with zero attached hydrogens (tertiary/aromatic N) is 2. The molecule has 1 heterocycles. The van der Waals surface area contributed by atoms with Crippen LogP contribution in [-0.2, 0) is 17.9 Å². The van der Waals surface area contributed by atoms with Crippen molar-refractivity contribution in [1.29, 1.82) is 0 Å². The molecule has 2 saturated carbocycles. The van der Waals surface area contributed by atoms with Gasteiger partial charge in [0, 0.05) is 24.3 Å². The summed E-state index contributed by atoms with van der Waals surface area (Å²) in [4.78, 5) is 11.0. The SMILES string of the molecule is C=CCn1cc(CNC2CC3(CCC(C(=O)O)CC3)C2)cn1. The monoisotopic (exact) mass is 303 g/mol. The summed E-state index contributed by atoms with van der Waals surface area (Å²) in [5, 5.41) is 17.0. The van der Waals surface area contributed by atoms with E-state index < -0.39 is 5.97 Å². The summed E-state index contributed by atoms with van der Waals surface area (Å²) >= 11 is 0. The third-order valence-electron chi connectivity index (χ3n) is 5.35. The zero-order valence-corrected chi connectivity index (χ0v) is 13.0. The third-order valence-corrected chi connectivity index (χ3v) is 5.35. The summed E-state index contributed by atoms with van der Waals surface area (Å²) in [6.07, 6.45) is 12.1. The molecule has 120 valence electrons. The van der Waals surface area contributed by atoms with Gasteiger partial charge in [-0.15, -0.1) is 6.58 Å². The van der Waals surface area contributed by atoms with Crippen LogP contribution < -0.4 is 5.32 Å². The minimum absolute atomic E-state index is 0.103. The minimum atomic E-state index is -0.611. The van der Waals surface area contributed by atoms with Crippen molar-refractivity contribution in [3.63, 3.8) is 0 Å². The van der Waals surface area contributed by atoms with Crippen LogP contribution in [0.1, 0.15) is 44.1 Å². The van der Waals surface area contributed by atoms with E-state index in [9.17, 15) is 4.79 Å². The molecule has 0 aromatic carbocycles. The van der Waals surface area contributed by atoms with Gasteiger partial charge < -0.3 is 10.4 Å². The smallest absolute Gasteiger partial charge is 0.306 e. The quantitative estimate of drug-likeness (QED) is 0.793. The van der Waals surface area contributed by atoms with E-state index in [4.69, 9.17) is 5.11 Å². The predicted molar refractivity (Wildman–Crippen MR) is 84.3 cm³/mol. The Morgan fingerprint density at radius 2 is 2.23 bits per heavy atom. The van der Waals surface area contributed by atoms with Crippen molar-refractivity contribution in [1.82, 2.24) is 15.1 Å². The van der Waals surface area contributed by atoms with Crippen molar-refractivity contribution in [2.24, 2.45) is 11.3 Å². The van der Waals surface area contributed by atoms with E-state index in [1.807, 2.05) is 17.0 Å². The molecule has 3 rings (SSSR count). The first-order valence-corrected chi connectivity index (χ1v) is 8.19. The summed E-state index contributed by atoms with van der Waals surface area (Å²) in [6, 6.07) is 0.573.